The Morgan fingerprint density at radius 2 is 1.77 bits per heavy atom. The number of carbonyl (C=O) groups is 1. The first kappa shape index (κ1) is 17.7. The summed E-state index contributed by atoms with van der Waals surface area (Å²) in [6.45, 7) is 2.81. The van der Waals surface area contributed by atoms with Gasteiger partial charge in [-0.05, 0) is 36.8 Å². The van der Waals surface area contributed by atoms with Gasteiger partial charge in [-0.1, -0.05) is 38.0 Å². The average molecular weight is 351 g/mol. The fourth-order valence-electron chi connectivity index (χ4n) is 2.87. The molecule has 26 heavy (non-hydrogen) atoms. The van der Waals surface area contributed by atoms with Gasteiger partial charge in [0.1, 0.15) is 5.75 Å². The van der Waals surface area contributed by atoms with E-state index in [0.717, 1.165) is 30.2 Å². The Kier molecular flexibility index (Phi) is 5.31. The summed E-state index contributed by atoms with van der Waals surface area (Å²) in [6.07, 6.45) is 3.11. The first-order valence-electron chi connectivity index (χ1n) is 8.67. The summed E-state index contributed by atoms with van der Waals surface area (Å²) in [5, 5.41) is 28.4. The van der Waals surface area contributed by atoms with Crippen LogP contribution in [0.5, 0.6) is 11.6 Å². The van der Waals surface area contributed by atoms with E-state index < -0.39 is 5.91 Å². The zero-order valence-electron chi connectivity index (χ0n) is 14.6. The van der Waals surface area contributed by atoms with E-state index in [0.29, 0.717) is 17.8 Å². The number of hydrogen-bond acceptors (Lipinski definition) is 4. The highest BCUT2D eigenvalue weighted by Crippen LogP contribution is 2.39. The van der Waals surface area contributed by atoms with E-state index in [4.69, 9.17) is 0 Å². The van der Waals surface area contributed by atoms with Gasteiger partial charge in [-0.2, -0.15) is 0 Å². The second-order valence-corrected chi connectivity index (χ2v) is 6.10. The molecule has 0 unspecified atom stereocenters. The number of carbonyl (C=O) groups excluding carboxylic acids is 1. The molecular formula is C20H21N3O3. The van der Waals surface area contributed by atoms with Crippen molar-refractivity contribution in [2.75, 3.05) is 0 Å². The van der Waals surface area contributed by atoms with E-state index in [1.807, 2.05) is 28.8 Å². The number of unbranched alkanes of at least 4 members (excludes halogenated alkanes) is 2. The summed E-state index contributed by atoms with van der Waals surface area (Å²) in [5.74, 6) is -0.442. The van der Waals surface area contributed by atoms with Gasteiger partial charge in [0.25, 0.3) is 5.91 Å². The summed E-state index contributed by atoms with van der Waals surface area (Å²) in [4.78, 5) is 12.2. The van der Waals surface area contributed by atoms with E-state index in [2.05, 4.69) is 17.2 Å². The summed E-state index contributed by atoms with van der Waals surface area (Å²) in [7, 11) is 0. The Labute approximate surface area is 151 Å². The molecule has 0 saturated heterocycles. The van der Waals surface area contributed by atoms with Gasteiger partial charge in [0.15, 0.2) is 5.69 Å². The quantitative estimate of drug-likeness (QED) is 0.474. The number of phenolic OH excluding ortho intramolecular Hbond substituents is 1. The van der Waals surface area contributed by atoms with E-state index >= 15 is 0 Å². The van der Waals surface area contributed by atoms with Crippen LogP contribution >= 0.6 is 0 Å². The SMILES string of the molecule is CCCCCn1c(O)c(N=NC(=O)c2ccc(O)cc2)c2ccccc21. The number of para-hydroxylation sites is 1. The first-order chi connectivity index (χ1) is 12.6. The summed E-state index contributed by atoms with van der Waals surface area (Å²) in [5.41, 5.74) is 1.48. The van der Waals surface area contributed by atoms with Crippen LogP contribution in [-0.4, -0.2) is 20.7 Å². The molecule has 1 aromatic heterocycles. The third kappa shape index (κ3) is 3.59. The fraction of sp³-hybridized carbons (Fsp3) is 0.250. The van der Waals surface area contributed by atoms with E-state index in [1.54, 1.807) is 0 Å². The number of aryl methyl sites for hydroxylation is 1. The summed E-state index contributed by atoms with van der Waals surface area (Å²) in [6, 6.07) is 13.3. The maximum Gasteiger partial charge on any atom is 0.295 e. The van der Waals surface area contributed by atoms with Gasteiger partial charge < -0.3 is 14.8 Å². The minimum atomic E-state index is -0.535. The molecule has 6 nitrogen and oxygen atoms in total. The van der Waals surface area contributed by atoms with Crippen LogP contribution in [0.2, 0.25) is 0 Å². The van der Waals surface area contributed by atoms with Crippen molar-refractivity contribution in [2.24, 2.45) is 10.2 Å². The molecule has 0 aliphatic carbocycles. The van der Waals surface area contributed by atoms with E-state index in [1.165, 1.54) is 24.3 Å². The van der Waals surface area contributed by atoms with Crippen molar-refractivity contribution in [1.82, 2.24) is 4.57 Å². The largest absolute Gasteiger partial charge is 0.508 e. The molecule has 0 spiro atoms. The predicted molar refractivity (Wildman–Crippen MR) is 100 cm³/mol. The van der Waals surface area contributed by atoms with Gasteiger partial charge in [-0.15, -0.1) is 10.2 Å². The van der Waals surface area contributed by atoms with Crippen LogP contribution in [0.15, 0.2) is 58.8 Å². The highest BCUT2D eigenvalue weighted by atomic mass is 16.3. The van der Waals surface area contributed by atoms with Crippen molar-refractivity contribution >= 4 is 22.5 Å². The number of fused-ring (bicyclic) bond motifs is 1. The highest BCUT2D eigenvalue weighted by Gasteiger charge is 2.16. The number of aromatic hydroxyl groups is 2. The topological polar surface area (TPSA) is 87.2 Å². The lowest BCUT2D eigenvalue weighted by atomic mass is 10.2. The van der Waals surface area contributed by atoms with Crippen LogP contribution in [0.4, 0.5) is 5.69 Å². The Hall–Kier alpha value is -3.15. The van der Waals surface area contributed by atoms with Crippen molar-refractivity contribution in [1.29, 1.82) is 0 Å². The molecule has 1 amide bonds. The zero-order chi connectivity index (χ0) is 18.5. The van der Waals surface area contributed by atoms with Crippen molar-refractivity contribution in [2.45, 2.75) is 32.7 Å². The molecule has 0 aliphatic heterocycles. The standard InChI is InChI=1S/C20H21N3O3/c1-2-3-6-13-23-17-8-5-4-7-16(17)18(20(23)26)21-22-19(25)14-9-11-15(24)12-10-14/h4-5,7-12,24,26H,2-3,6,13H2,1H3. The summed E-state index contributed by atoms with van der Waals surface area (Å²) < 4.78 is 1.81. The Balaban J connectivity index is 1.93. The van der Waals surface area contributed by atoms with Crippen molar-refractivity contribution < 1.29 is 15.0 Å². The molecule has 0 radical (unpaired) electrons. The number of nitrogens with zero attached hydrogens (tertiary/aromatic N) is 3. The lowest BCUT2D eigenvalue weighted by molar-refractivity contribution is 0.0995. The average Bonchev–Trinajstić information content (AvgIpc) is 2.92. The molecule has 2 aromatic carbocycles. The minimum absolute atomic E-state index is 0.0181. The predicted octanol–water partition coefficient (Wildman–Crippen LogP) is 5.17. The normalized spacial score (nSPS) is 11.4. The van der Waals surface area contributed by atoms with Gasteiger partial charge in [0.2, 0.25) is 5.88 Å². The molecule has 2 N–H and O–H groups in total. The number of amides is 1. The second kappa shape index (κ2) is 7.82. The molecule has 6 heteroatoms. The molecule has 3 aromatic rings. The smallest absolute Gasteiger partial charge is 0.295 e. The van der Waals surface area contributed by atoms with Crippen LogP contribution in [0, 0.1) is 0 Å². The van der Waals surface area contributed by atoms with Crippen molar-refractivity contribution in [3.05, 3.63) is 54.1 Å². The van der Waals surface area contributed by atoms with Crippen LogP contribution in [-0.2, 0) is 6.54 Å². The third-order valence-electron chi connectivity index (χ3n) is 4.26. The molecule has 0 saturated carbocycles. The molecule has 0 atom stereocenters. The lowest BCUT2D eigenvalue weighted by Crippen LogP contribution is -1.96. The van der Waals surface area contributed by atoms with E-state index in [-0.39, 0.29) is 11.6 Å². The van der Waals surface area contributed by atoms with Gasteiger partial charge in [-0.3, -0.25) is 4.79 Å². The Morgan fingerprint density at radius 3 is 2.50 bits per heavy atom. The third-order valence-corrected chi connectivity index (χ3v) is 4.26. The molecule has 0 bridgehead atoms. The number of rotatable bonds is 6. The van der Waals surface area contributed by atoms with Crippen LogP contribution in [0.25, 0.3) is 10.9 Å². The number of aromatic nitrogens is 1. The van der Waals surface area contributed by atoms with Crippen molar-refractivity contribution in [3.8, 4) is 11.6 Å². The van der Waals surface area contributed by atoms with Crippen LogP contribution in [0.3, 0.4) is 0 Å². The molecular weight excluding hydrogens is 330 g/mol. The number of benzene rings is 2. The fourth-order valence-corrected chi connectivity index (χ4v) is 2.87. The maximum absolute atomic E-state index is 12.2. The Bertz CT molecular complexity index is 943. The first-order valence-corrected chi connectivity index (χ1v) is 8.67. The molecule has 134 valence electrons. The van der Waals surface area contributed by atoms with Gasteiger partial charge in [0, 0.05) is 17.5 Å². The van der Waals surface area contributed by atoms with Gasteiger partial charge in [-0.25, -0.2) is 0 Å². The molecule has 3 rings (SSSR count). The molecule has 0 fully saturated rings. The van der Waals surface area contributed by atoms with Crippen molar-refractivity contribution in [3.63, 3.8) is 0 Å². The number of hydrogen-bond donors (Lipinski definition) is 2. The summed E-state index contributed by atoms with van der Waals surface area (Å²) >= 11 is 0. The van der Waals surface area contributed by atoms with Gasteiger partial charge in [0.05, 0.1) is 5.52 Å². The second-order valence-electron chi connectivity index (χ2n) is 6.10. The maximum atomic E-state index is 12.2. The lowest BCUT2D eigenvalue weighted by Gasteiger charge is -2.05. The Morgan fingerprint density at radius 1 is 1.04 bits per heavy atom. The molecule has 0 aliphatic rings. The minimum Gasteiger partial charge on any atom is -0.508 e. The zero-order valence-corrected chi connectivity index (χ0v) is 14.6. The highest BCUT2D eigenvalue weighted by molar-refractivity contribution is 5.97. The monoisotopic (exact) mass is 351 g/mol. The van der Waals surface area contributed by atoms with Crippen LogP contribution in [0.1, 0.15) is 36.5 Å². The van der Waals surface area contributed by atoms with Crippen LogP contribution < -0.4 is 0 Å². The van der Waals surface area contributed by atoms with Gasteiger partial charge >= 0.3 is 0 Å². The molecule has 1 heterocycles. The van der Waals surface area contributed by atoms with E-state index in [9.17, 15) is 15.0 Å². The number of phenols is 1. The number of azo groups is 1.